The van der Waals surface area contributed by atoms with Crippen LogP contribution in [0.1, 0.15) is 99.8 Å². The molecule has 0 amide bonds. The number of hydrogen-bond donors (Lipinski definition) is 3. The van der Waals surface area contributed by atoms with Crippen LogP contribution in [-0.4, -0.2) is 75.6 Å². The molecule has 0 spiro atoms. The van der Waals surface area contributed by atoms with Crippen molar-refractivity contribution in [3.05, 3.63) is 24.0 Å². The van der Waals surface area contributed by atoms with E-state index < -0.39 is 31.8 Å². The number of likely N-dealkylation sites (tertiary alicyclic amines) is 1. The third kappa shape index (κ3) is 9.69. The standard InChI is InChI=1S/C33H54FN7O5P/c1-9-41(33(46-47-42,44-31(2,3)4)45-32(5,6)7)20-14-17-25(41)22-35-28-38-29(36-23-15-12-10-11-13-16-23)40-30(39-28)37-24-18-19-27(43-8)26(34)21-24/h18-19,21,23,25H,9-17,20,22H2,1-8H3,(H3,35,36,37,38,39,40)/q+1. The molecule has 12 nitrogen and oxygen atoms in total. The van der Waals surface area contributed by atoms with Crippen LogP contribution in [0.4, 0.5) is 27.9 Å². The summed E-state index contributed by atoms with van der Waals surface area (Å²) in [7, 11) is 0.894. The first-order valence-corrected chi connectivity index (χ1v) is 17.6. The highest BCUT2D eigenvalue weighted by Crippen LogP contribution is 2.45. The van der Waals surface area contributed by atoms with Gasteiger partial charge < -0.3 is 20.7 Å². The predicted octanol–water partition coefficient (Wildman–Crippen LogP) is 7.77. The fourth-order valence-corrected chi connectivity index (χ4v) is 7.02. The Bertz CT molecular complexity index is 1320. The van der Waals surface area contributed by atoms with Crippen molar-refractivity contribution < 1.29 is 32.2 Å². The number of nitrogens with zero attached hydrogens (tertiary/aromatic N) is 4. The van der Waals surface area contributed by atoms with Gasteiger partial charge in [0.05, 0.1) is 37.9 Å². The quantitative estimate of drug-likeness (QED) is 0.0784. The van der Waals surface area contributed by atoms with Gasteiger partial charge in [-0.15, -0.1) is 0 Å². The van der Waals surface area contributed by atoms with Crippen LogP contribution in [-0.2, 0) is 18.6 Å². The first-order chi connectivity index (χ1) is 22.2. The molecule has 2 unspecified atom stereocenters. The zero-order valence-corrected chi connectivity index (χ0v) is 30.2. The number of hydrogen-bond acceptors (Lipinski definition) is 11. The molecule has 2 aromatic rings. The van der Waals surface area contributed by atoms with Gasteiger partial charge in [0.15, 0.2) is 11.6 Å². The van der Waals surface area contributed by atoms with Crippen molar-refractivity contribution in [2.24, 2.45) is 0 Å². The maximum atomic E-state index is 14.5. The van der Waals surface area contributed by atoms with Gasteiger partial charge >= 0.3 is 14.8 Å². The zero-order valence-electron chi connectivity index (χ0n) is 29.3. The Morgan fingerprint density at radius 3 is 2.13 bits per heavy atom. The molecule has 4 rings (SSSR count). The van der Waals surface area contributed by atoms with E-state index in [1.54, 1.807) is 12.1 Å². The van der Waals surface area contributed by atoms with Gasteiger partial charge in [0.25, 0.3) is 0 Å². The van der Waals surface area contributed by atoms with Gasteiger partial charge in [-0.3, -0.25) is 9.47 Å². The number of methoxy groups -OCH3 is 1. The van der Waals surface area contributed by atoms with E-state index in [-0.39, 0.29) is 28.3 Å². The van der Waals surface area contributed by atoms with Gasteiger partial charge in [-0.1, -0.05) is 25.7 Å². The maximum absolute atomic E-state index is 14.5. The summed E-state index contributed by atoms with van der Waals surface area (Å²) in [6.07, 6.45) is 6.96. The molecule has 2 aliphatic rings. The van der Waals surface area contributed by atoms with Crippen molar-refractivity contribution in [3.63, 3.8) is 0 Å². The lowest BCUT2D eigenvalue weighted by Gasteiger charge is -2.52. The minimum atomic E-state index is -1.63. The van der Waals surface area contributed by atoms with Crippen LogP contribution < -0.4 is 20.7 Å². The summed E-state index contributed by atoms with van der Waals surface area (Å²) in [5, 5.41) is 10.1. The Balaban J connectivity index is 1.66. The van der Waals surface area contributed by atoms with E-state index in [0.717, 1.165) is 38.5 Å². The Morgan fingerprint density at radius 2 is 1.55 bits per heavy atom. The average molecular weight is 679 g/mol. The number of nitrogens with one attached hydrogen (secondary N) is 3. The van der Waals surface area contributed by atoms with Crippen molar-refractivity contribution in [2.45, 2.75) is 129 Å². The smallest absolute Gasteiger partial charge is 0.461 e. The number of benzene rings is 1. The number of halogens is 1. The van der Waals surface area contributed by atoms with Gasteiger partial charge in [-0.25, -0.2) is 13.4 Å². The summed E-state index contributed by atoms with van der Waals surface area (Å²) in [5.41, 5.74) is -0.841. The Morgan fingerprint density at radius 1 is 0.915 bits per heavy atom. The SMILES string of the molecule is CC[N+]1(C(OP=O)(OC(C)(C)C)OC(C)(C)C)CCCC1CNc1nc(Nc2ccc(OC)c(F)c2)nc(NC2CCCCCC2)n1. The molecule has 1 saturated carbocycles. The van der Waals surface area contributed by atoms with Gasteiger partial charge in [0.1, 0.15) is 6.04 Å². The van der Waals surface area contributed by atoms with Crippen molar-refractivity contribution in [1.82, 2.24) is 15.0 Å². The Hall–Kier alpha value is -2.70. The molecule has 14 heteroatoms. The van der Waals surface area contributed by atoms with E-state index in [1.807, 2.05) is 41.5 Å². The maximum Gasteiger partial charge on any atom is 0.461 e. The predicted molar refractivity (Wildman–Crippen MR) is 181 cm³/mol. The number of aromatic nitrogens is 3. The highest BCUT2D eigenvalue weighted by molar-refractivity contribution is 7.17. The number of anilines is 4. The first-order valence-electron chi connectivity index (χ1n) is 16.9. The van der Waals surface area contributed by atoms with Crippen molar-refractivity contribution in [2.75, 3.05) is 42.7 Å². The van der Waals surface area contributed by atoms with Gasteiger partial charge in [-0.2, -0.15) is 19.5 Å². The molecule has 47 heavy (non-hydrogen) atoms. The molecular formula is C33H54FN7O5P+. The molecule has 1 aliphatic heterocycles. The lowest BCUT2D eigenvalue weighted by atomic mass is 10.1. The van der Waals surface area contributed by atoms with Crippen molar-refractivity contribution in [1.29, 1.82) is 0 Å². The summed E-state index contributed by atoms with van der Waals surface area (Å²) < 4.78 is 51.3. The van der Waals surface area contributed by atoms with Gasteiger partial charge in [-0.05, 0) is 73.4 Å². The summed E-state index contributed by atoms with van der Waals surface area (Å²) in [4.78, 5) is 14.1. The lowest BCUT2D eigenvalue weighted by Crippen LogP contribution is -2.73. The van der Waals surface area contributed by atoms with Crippen LogP contribution in [0.15, 0.2) is 18.2 Å². The van der Waals surface area contributed by atoms with E-state index in [4.69, 9.17) is 23.7 Å². The summed E-state index contributed by atoms with van der Waals surface area (Å²) in [5.74, 6) is 0.760. The second-order valence-electron chi connectivity index (χ2n) is 14.5. The number of rotatable bonds is 14. The molecule has 1 aliphatic carbocycles. The normalized spacial score (nSPS) is 21.4. The van der Waals surface area contributed by atoms with E-state index in [0.29, 0.717) is 37.2 Å². The molecule has 2 atom stereocenters. The number of quaternary nitrogens is 1. The number of likely N-dealkylation sites (N-methyl/N-ethyl adjacent to an activating group) is 1. The van der Waals surface area contributed by atoms with Crippen LogP contribution in [0.2, 0.25) is 0 Å². The lowest BCUT2D eigenvalue weighted by molar-refractivity contribution is -1.06. The summed E-state index contributed by atoms with van der Waals surface area (Å²) in [6, 6.07) is 4.81. The topological polar surface area (TPSA) is 129 Å². The molecule has 0 radical (unpaired) electrons. The van der Waals surface area contributed by atoms with Crippen LogP contribution in [0.25, 0.3) is 0 Å². The highest BCUT2D eigenvalue weighted by atomic mass is 31.1. The molecule has 1 aromatic carbocycles. The van der Waals surface area contributed by atoms with Crippen LogP contribution >= 0.6 is 8.69 Å². The summed E-state index contributed by atoms with van der Waals surface area (Å²) >= 11 is 0. The third-order valence-corrected chi connectivity index (χ3v) is 8.96. The van der Waals surface area contributed by atoms with Crippen LogP contribution in [0.3, 0.4) is 0 Å². The molecule has 2 fully saturated rings. The molecule has 1 saturated heterocycles. The first kappa shape index (κ1) is 37.1. The van der Waals surface area contributed by atoms with Gasteiger partial charge in [0.2, 0.25) is 17.8 Å². The molecule has 2 heterocycles. The number of ether oxygens (including phenoxy) is 3. The fraction of sp³-hybridized carbons (Fsp3) is 0.727. The largest absolute Gasteiger partial charge is 0.494 e. The summed E-state index contributed by atoms with van der Waals surface area (Å²) in [6.45, 7) is 15.5. The zero-order chi connectivity index (χ0) is 34.3. The average Bonchev–Trinajstić information content (AvgIpc) is 3.24. The fourth-order valence-electron chi connectivity index (χ4n) is 6.69. The van der Waals surface area contributed by atoms with E-state index in [2.05, 4.69) is 32.8 Å². The highest BCUT2D eigenvalue weighted by Gasteiger charge is 2.64. The van der Waals surface area contributed by atoms with Crippen molar-refractivity contribution in [3.8, 4) is 5.75 Å². The molecule has 3 N–H and O–H groups in total. The Labute approximate surface area is 280 Å². The minimum absolute atomic E-state index is 0.0615. The monoisotopic (exact) mass is 678 g/mol. The van der Waals surface area contributed by atoms with Crippen molar-refractivity contribution >= 4 is 32.2 Å². The minimum Gasteiger partial charge on any atom is -0.494 e. The second kappa shape index (κ2) is 15.7. The molecule has 0 bridgehead atoms. The van der Waals surface area contributed by atoms with Crippen LogP contribution in [0, 0.1) is 5.82 Å². The van der Waals surface area contributed by atoms with E-state index in [9.17, 15) is 8.96 Å². The van der Waals surface area contributed by atoms with Crippen LogP contribution in [0.5, 0.6) is 5.75 Å². The van der Waals surface area contributed by atoms with Gasteiger partial charge in [0, 0.05) is 30.6 Å². The third-order valence-electron chi connectivity index (χ3n) is 8.65. The molecule has 262 valence electrons. The second-order valence-corrected chi connectivity index (χ2v) is 14.8. The Kier molecular flexibility index (Phi) is 12.4. The molecular weight excluding hydrogens is 624 g/mol. The van der Waals surface area contributed by atoms with E-state index in [1.165, 1.54) is 26.0 Å². The molecule has 1 aromatic heterocycles. The van der Waals surface area contributed by atoms with E-state index >= 15 is 0 Å².